The Kier molecular flexibility index (Phi) is 44.1. The van der Waals surface area contributed by atoms with Gasteiger partial charge in [0.25, 0.3) is 0 Å². The predicted octanol–water partition coefficient (Wildman–Crippen LogP) is 16.0. The fourth-order valence-corrected chi connectivity index (χ4v) is 11.0. The van der Waals surface area contributed by atoms with Gasteiger partial charge in [0.2, 0.25) is 0 Å². The third-order valence-corrected chi connectivity index (χ3v) is 14.6. The van der Waals surface area contributed by atoms with Crippen LogP contribution >= 0.6 is 0 Å². The molecule has 0 amide bonds. The van der Waals surface area contributed by atoms with Crippen LogP contribution < -0.4 is 29.6 Å². The van der Waals surface area contributed by atoms with Crippen LogP contribution in [0.1, 0.15) is 319 Å². The third-order valence-electron chi connectivity index (χ3n) is 13.7. The fourth-order valence-electron chi connectivity index (χ4n) is 9.92. The van der Waals surface area contributed by atoms with Gasteiger partial charge in [-0.3, -0.25) is 0 Å². The van der Waals surface area contributed by atoms with Gasteiger partial charge in [-0.05, 0) is 92.0 Å². The smallest absolute Gasteiger partial charge is 0.744 e. The van der Waals surface area contributed by atoms with Crippen LogP contribution in [-0.2, 0) is 42.2 Å². The monoisotopic (exact) mass is 881 g/mol. The van der Waals surface area contributed by atoms with Crippen molar-refractivity contribution in [1.82, 2.24) is 0 Å². The minimum Gasteiger partial charge on any atom is -0.744 e. The Bertz CT molecular complexity index is 1150. The van der Waals surface area contributed by atoms with E-state index in [4.69, 9.17) is 0 Å². The second kappa shape index (κ2) is 44.0. The number of unbranched alkanes of at least 4 members (excludes halogenated alkanes) is 35. The Morgan fingerprint density at radius 2 is 0.410 bits per heavy atom. The summed E-state index contributed by atoms with van der Waals surface area (Å²) in [5.41, 5.74) is 6.08. The SMILES string of the molecule is CCCCCCCCCCc1c(CCCCCCCCCC)c(CCCCCCCCCC)c(S(=O)(=O)[O-])c(CCCCCCCCCC)c1CCCCCCCCCC.[Na+]. The normalized spacial score (nSPS) is 11.8. The zero-order valence-electron chi connectivity index (χ0n) is 42.5. The van der Waals surface area contributed by atoms with E-state index in [0.29, 0.717) is 0 Å². The fraction of sp³-hybridized carbons (Fsp3) is 0.893. The molecule has 0 N–H and O–H groups in total. The summed E-state index contributed by atoms with van der Waals surface area (Å²) < 4.78 is 41.4. The molecule has 1 rings (SSSR count). The summed E-state index contributed by atoms with van der Waals surface area (Å²) in [6.07, 6.45) is 54.8. The maximum Gasteiger partial charge on any atom is 1.00 e. The van der Waals surface area contributed by atoms with Crippen molar-refractivity contribution >= 4 is 10.1 Å². The van der Waals surface area contributed by atoms with Gasteiger partial charge in [0, 0.05) is 0 Å². The first kappa shape index (κ1) is 61.1. The summed E-state index contributed by atoms with van der Waals surface area (Å²) in [5.74, 6) is 0. The number of benzene rings is 1. The molecule has 1 aromatic rings. The molecule has 0 unspecified atom stereocenters. The van der Waals surface area contributed by atoms with Crippen LogP contribution in [0.2, 0.25) is 0 Å². The first-order chi connectivity index (χ1) is 29.4. The summed E-state index contributed by atoms with van der Waals surface area (Å²) >= 11 is 0. The average Bonchev–Trinajstić information content (AvgIpc) is 3.23. The topological polar surface area (TPSA) is 57.2 Å². The minimum absolute atomic E-state index is 0. The molecule has 0 saturated heterocycles. The van der Waals surface area contributed by atoms with E-state index in [1.807, 2.05) is 0 Å². The average molecular weight is 882 g/mol. The van der Waals surface area contributed by atoms with Gasteiger partial charge in [-0.2, -0.15) is 0 Å². The Labute approximate surface area is 406 Å². The van der Waals surface area contributed by atoms with Crippen LogP contribution in [0, 0.1) is 0 Å². The molecule has 5 heteroatoms. The molecule has 354 valence electrons. The van der Waals surface area contributed by atoms with Gasteiger partial charge in [0.1, 0.15) is 10.1 Å². The molecule has 1 aromatic carbocycles. The van der Waals surface area contributed by atoms with Gasteiger partial charge in [0.05, 0.1) is 4.90 Å². The molecule has 3 nitrogen and oxygen atoms in total. The summed E-state index contributed by atoms with van der Waals surface area (Å²) in [5, 5.41) is 0. The Balaban J connectivity index is 0.0000360. The van der Waals surface area contributed by atoms with Crippen LogP contribution in [0.5, 0.6) is 0 Å². The quantitative estimate of drug-likeness (QED) is 0.0372. The van der Waals surface area contributed by atoms with Crippen molar-refractivity contribution in [1.29, 1.82) is 0 Å². The van der Waals surface area contributed by atoms with E-state index in [2.05, 4.69) is 34.6 Å². The van der Waals surface area contributed by atoms with Gasteiger partial charge in [-0.15, -0.1) is 0 Å². The predicted molar refractivity (Wildman–Crippen MR) is 266 cm³/mol. The number of hydrogen-bond donors (Lipinski definition) is 0. The molecule has 61 heavy (non-hydrogen) atoms. The largest absolute Gasteiger partial charge is 1.00 e. The van der Waals surface area contributed by atoms with E-state index in [1.54, 1.807) is 0 Å². The molecule has 0 spiro atoms. The standard InChI is InChI=1S/C56H106O3S.Na/c1-6-11-16-21-26-31-36-41-46-51-52(47-42-37-32-27-22-17-12-7-2)54(49-44-39-34-29-24-19-14-9-4)56(60(57,58)59)55(50-45-40-35-30-25-20-15-10-5)53(51)48-43-38-33-28-23-18-13-8-3;/h6-50H2,1-5H3,(H,57,58,59);/q;+1/p-1. The van der Waals surface area contributed by atoms with E-state index >= 15 is 0 Å². The van der Waals surface area contributed by atoms with Crippen molar-refractivity contribution in [3.8, 4) is 0 Å². The van der Waals surface area contributed by atoms with Crippen molar-refractivity contribution in [2.75, 3.05) is 0 Å². The second-order valence-electron chi connectivity index (χ2n) is 19.3. The van der Waals surface area contributed by atoms with Crippen molar-refractivity contribution < 1.29 is 42.5 Å². The zero-order chi connectivity index (χ0) is 43.8. The van der Waals surface area contributed by atoms with Crippen LogP contribution in [0.4, 0.5) is 0 Å². The maximum atomic E-state index is 13.8. The van der Waals surface area contributed by atoms with Crippen LogP contribution in [-0.4, -0.2) is 13.0 Å². The first-order valence-corrected chi connectivity index (χ1v) is 28.9. The Morgan fingerprint density at radius 1 is 0.262 bits per heavy atom. The first-order valence-electron chi connectivity index (χ1n) is 27.5. The van der Waals surface area contributed by atoms with Gasteiger partial charge in [-0.1, -0.05) is 259 Å². The van der Waals surface area contributed by atoms with Crippen molar-refractivity contribution in [3.63, 3.8) is 0 Å². The molecule has 0 aromatic heterocycles. The van der Waals surface area contributed by atoms with Gasteiger partial charge >= 0.3 is 29.6 Å². The van der Waals surface area contributed by atoms with Crippen molar-refractivity contribution in [3.05, 3.63) is 27.8 Å². The van der Waals surface area contributed by atoms with Gasteiger partial charge in [0.15, 0.2) is 0 Å². The maximum absolute atomic E-state index is 13.8. The van der Waals surface area contributed by atoms with E-state index < -0.39 is 10.1 Å². The minimum atomic E-state index is -4.63. The van der Waals surface area contributed by atoms with Crippen molar-refractivity contribution in [2.24, 2.45) is 0 Å². The molecular weight excluding hydrogens is 776 g/mol. The summed E-state index contributed by atoms with van der Waals surface area (Å²) in [4.78, 5) is 0.261. The molecule has 0 aliphatic heterocycles. The molecule has 0 aliphatic rings. The zero-order valence-corrected chi connectivity index (χ0v) is 45.3. The Hall–Kier alpha value is 0.130. The molecular formula is C56H105NaO3S. The van der Waals surface area contributed by atoms with E-state index in [1.165, 1.54) is 235 Å². The molecule has 0 atom stereocenters. The summed E-state index contributed by atoms with van der Waals surface area (Å²) in [7, 11) is -4.63. The van der Waals surface area contributed by atoms with Gasteiger partial charge < -0.3 is 4.55 Å². The summed E-state index contributed by atoms with van der Waals surface area (Å²) in [6, 6.07) is 0. The van der Waals surface area contributed by atoms with E-state index in [0.717, 1.165) is 81.8 Å². The molecule has 0 radical (unpaired) electrons. The van der Waals surface area contributed by atoms with E-state index in [-0.39, 0.29) is 34.5 Å². The molecule has 0 heterocycles. The van der Waals surface area contributed by atoms with Crippen LogP contribution in [0.15, 0.2) is 4.90 Å². The van der Waals surface area contributed by atoms with Crippen molar-refractivity contribution in [2.45, 2.75) is 328 Å². The third kappa shape index (κ3) is 31.6. The van der Waals surface area contributed by atoms with Crippen LogP contribution in [0.3, 0.4) is 0 Å². The number of rotatable bonds is 46. The number of hydrogen-bond acceptors (Lipinski definition) is 3. The van der Waals surface area contributed by atoms with Crippen LogP contribution in [0.25, 0.3) is 0 Å². The molecule has 0 bridgehead atoms. The Morgan fingerprint density at radius 3 is 0.590 bits per heavy atom. The molecule has 0 saturated carbocycles. The molecule has 0 aliphatic carbocycles. The molecule has 0 fully saturated rings. The van der Waals surface area contributed by atoms with E-state index in [9.17, 15) is 13.0 Å². The second-order valence-corrected chi connectivity index (χ2v) is 20.6. The summed E-state index contributed by atoms with van der Waals surface area (Å²) in [6.45, 7) is 11.4. The van der Waals surface area contributed by atoms with Gasteiger partial charge in [-0.25, -0.2) is 8.42 Å².